The molecular weight excluding hydrogens is 288 g/mol. The Balaban J connectivity index is 1.39. The highest BCUT2D eigenvalue weighted by Crippen LogP contribution is 2.59. The van der Waals surface area contributed by atoms with Gasteiger partial charge in [0.25, 0.3) is 0 Å². The molecule has 23 heavy (non-hydrogen) atoms. The number of aliphatic hydroxyl groups excluding tert-OH is 1. The lowest BCUT2D eigenvalue weighted by atomic mass is 9.52. The fourth-order valence-electron chi connectivity index (χ4n) is 6.64. The van der Waals surface area contributed by atoms with E-state index in [0.717, 1.165) is 30.6 Å². The zero-order valence-electron chi connectivity index (χ0n) is 14.5. The van der Waals surface area contributed by atoms with Gasteiger partial charge in [-0.2, -0.15) is 0 Å². The van der Waals surface area contributed by atoms with Crippen molar-refractivity contribution < 1.29 is 14.6 Å². The van der Waals surface area contributed by atoms with Gasteiger partial charge in [0.15, 0.2) is 0 Å². The summed E-state index contributed by atoms with van der Waals surface area (Å²) < 4.78 is 11.7. The van der Waals surface area contributed by atoms with E-state index in [1.54, 1.807) is 0 Å². The van der Waals surface area contributed by atoms with Crippen LogP contribution in [-0.4, -0.2) is 35.6 Å². The van der Waals surface area contributed by atoms with Crippen molar-refractivity contribution >= 4 is 0 Å². The fourth-order valence-corrected chi connectivity index (χ4v) is 6.64. The minimum absolute atomic E-state index is 0.0412. The van der Waals surface area contributed by atoms with Crippen molar-refractivity contribution in [3.8, 4) is 0 Å². The lowest BCUT2D eigenvalue weighted by Gasteiger charge is -2.52. The van der Waals surface area contributed by atoms with Crippen LogP contribution in [0.15, 0.2) is 0 Å². The van der Waals surface area contributed by atoms with Gasteiger partial charge in [-0.25, -0.2) is 0 Å². The van der Waals surface area contributed by atoms with E-state index in [2.05, 4.69) is 6.92 Å². The first-order valence-corrected chi connectivity index (χ1v) is 10.1. The molecule has 3 nitrogen and oxygen atoms in total. The number of fused-ring (bicyclic) bond motifs is 2. The maximum atomic E-state index is 9.97. The summed E-state index contributed by atoms with van der Waals surface area (Å²) in [6.45, 7) is 2.62. The van der Waals surface area contributed by atoms with Crippen LogP contribution in [0.5, 0.6) is 0 Å². The minimum atomic E-state index is -0.0412. The van der Waals surface area contributed by atoms with Crippen LogP contribution < -0.4 is 0 Å². The SMILES string of the molecule is CC(C1CCC(O)CC1)(C1CCC2OC2C1)C1CCC2OC2C1. The van der Waals surface area contributed by atoms with Gasteiger partial charge in [0.1, 0.15) is 0 Å². The van der Waals surface area contributed by atoms with E-state index in [9.17, 15) is 5.11 Å². The topological polar surface area (TPSA) is 45.3 Å². The van der Waals surface area contributed by atoms with Crippen LogP contribution >= 0.6 is 0 Å². The number of aliphatic hydroxyl groups is 1. The Hall–Kier alpha value is -0.120. The molecule has 0 radical (unpaired) electrons. The molecule has 0 spiro atoms. The predicted molar refractivity (Wildman–Crippen MR) is 88.1 cm³/mol. The van der Waals surface area contributed by atoms with Crippen molar-refractivity contribution in [1.82, 2.24) is 0 Å². The van der Waals surface area contributed by atoms with Crippen LogP contribution in [0, 0.1) is 23.2 Å². The molecule has 3 aliphatic carbocycles. The van der Waals surface area contributed by atoms with Gasteiger partial charge < -0.3 is 14.6 Å². The summed E-state index contributed by atoms with van der Waals surface area (Å²) in [5.74, 6) is 2.45. The summed E-state index contributed by atoms with van der Waals surface area (Å²) in [5, 5.41) is 9.97. The molecule has 3 heteroatoms. The molecule has 5 rings (SSSR count). The van der Waals surface area contributed by atoms with Crippen LogP contribution in [0.3, 0.4) is 0 Å². The zero-order chi connectivity index (χ0) is 15.6. The first-order chi connectivity index (χ1) is 11.1. The van der Waals surface area contributed by atoms with Gasteiger partial charge in [-0.1, -0.05) is 6.92 Å². The van der Waals surface area contributed by atoms with Crippen molar-refractivity contribution in [2.24, 2.45) is 23.2 Å². The third-order valence-electron chi connectivity index (χ3n) is 8.34. The van der Waals surface area contributed by atoms with Crippen molar-refractivity contribution in [2.45, 2.75) is 102 Å². The van der Waals surface area contributed by atoms with Crippen LogP contribution in [0.2, 0.25) is 0 Å². The highest BCUT2D eigenvalue weighted by molar-refractivity contribution is 5.05. The van der Waals surface area contributed by atoms with Gasteiger partial charge in [0.05, 0.1) is 30.5 Å². The summed E-state index contributed by atoms with van der Waals surface area (Å²) in [6, 6.07) is 0. The van der Waals surface area contributed by atoms with E-state index >= 15 is 0 Å². The molecule has 0 amide bonds. The Morgan fingerprint density at radius 3 is 1.61 bits per heavy atom. The van der Waals surface area contributed by atoms with Crippen LogP contribution in [0.1, 0.15) is 71.1 Å². The maximum Gasteiger partial charge on any atom is 0.0844 e. The summed E-state index contributed by atoms with van der Waals surface area (Å²) >= 11 is 0. The second-order valence-electron chi connectivity index (χ2n) is 9.32. The van der Waals surface area contributed by atoms with Crippen molar-refractivity contribution in [1.29, 1.82) is 0 Å². The van der Waals surface area contributed by atoms with Gasteiger partial charge in [-0.3, -0.25) is 0 Å². The van der Waals surface area contributed by atoms with Crippen molar-refractivity contribution in [2.75, 3.05) is 0 Å². The van der Waals surface area contributed by atoms with Gasteiger partial charge in [-0.15, -0.1) is 0 Å². The average molecular weight is 320 g/mol. The van der Waals surface area contributed by atoms with Gasteiger partial charge in [0.2, 0.25) is 0 Å². The van der Waals surface area contributed by atoms with E-state index in [-0.39, 0.29) is 6.10 Å². The summed E-state index contributed by atoms with van der Waals surface area (Å²) in [6.07, 6.45) is 14.7. The third kappa shape index (κ3) is 2.58. The van der Waals surface area contributed by atoms with E-state index in [0.29, 0.717) is 29.8 Å². The molecule has 0 aromatic carbocycles. The van der Waals surface area contributed by atoms with Crippen LogP contribution in [0.4, 0.5) is 0 Å². The fraction of sp³-hybridized carbons (Fsp3) is 1.00. The average Bonchev–Trinajstić information content (AvgIpc) is 3.46. The zero-order valence-corrected chi connectivity index (χ0v) is 14.5. The molecule has 3 saturated carbocycles. The van der Waals surface area contributed by atoms with Crippen molar-refractivity contribution in [3.05, 3.63) is 0 Å². The summed E-state index contributed by atoms with van der Waals surface area (Å²) in [4.78, 5) is 0. The van der Waals surface area contributed by atoms with Gasteiger partial charge in [-0.05, 0) is 87.4 Å². The number of ether oxygens (including phenoxy) is 2. The predicted octanol–water partition coefficient (Wildman–Crippen LogP) is 3.68. The molecule has 0 aromatic heterocycles. The molecule has 0 bridgehead atoms. The normalized spacial score (nSPS) is 54.5. The number of epoxide rings is 2. The quantitative estimate of drug-likeness (QED) is 0.807. The highest BCUT2D eigenvalue weighted by Gasteiger charge is 2.56. The van der Waals surface area contributed by atoms with Gasteiger partial charge in [0, 0.05) is 0 Å². The van der Waals surface area contributed by atoms with Crippen LogP contribution in [0.25, 0.3) is 0 Å². The maximum absolute atomic E-state index is 9.97. The van der Waals surface area contributed by atoms with Crippen molar-refractivity contribution in [3.63, 3.8) is 0 Å². The number of rotatable bonds is 3. The Kier molecular flexibility index (Phi) is 3.58. The molecule has 6 unspecified atom stereocenters. The highest BCUT2D eigenvalue weighted by atomic mass is 16.6. The number of hydrogen-bond acceptors (Lipinski definition) is 3. The second kappa shape index (κ2) is 5.44. The van der Waals surface area contributed by atoms with E-state index < -0.39 is 0 Å². The Bertz CT molecular complexity index is 428. The summed E-state index contributed by atoms with van der Waals surface area (Å²) in [7, 11) is 0. The molecular formula is C20H32O3. The molecule has 0 aromatic rings. The molecule has 1 N–H and O–H groups in total. The van der Waals surface area contributed by atoms with E-state index in [1.165, 1.54) is 51.4 Å². The molecule has 6 atom stereocenters. The Morgan fingerprint density at radius 2 is 1.13 bits per heavy atom. The molecule has 5 fully saturated rings. The van der Waals surface area contributed by atoms with E-state index in [4.69, 9.17) is 9.47 Å². The Morgan fingerprint density at radius 1 is 0.652 bits per heavy atom. The largest absolute Gasteiger partial charge is 0.393 e. The molecule has 130 valence electrons. The first-order valence-electron chi connectivity index (χ1n) is 10.1. The monoisotopic (exact) mass is 320 g/mol. The lowest BCUT2D eigenvalue weighted by molar-refractivity contribution is -0.0422. The van der Waals surface area contributed by atoms with E-state index in [1.807, 2.05) is 0 Å². The number of hydrogen-bond donors (Lipinski definition) is 1. The Labute approximate surface area is 140 Å². The summed E-state index contributed by atoms with van der Waals surface area (Å²) in [5.41, 5.74) is 0.438. The second-order valence-corrected chi connectivity index (χ2v) is 9.32. The standard InChI is InChI=1S/C20H32O3/c1-20(12-2-6-15(21)7-3-12,13-4-8-16-18(10-13)22-16)14-5-9-17-19(11-14)23-17/h12-19,21H,2-11H2,1H3. The lowest BCUT2D eigenvalue weighted by Crippen LogP contribution is -2.46. The van der Waals surface area contributed by atoms with Crippen LogP contribution in [-0.2, 0) is 9.47 Å². The third-order valence-corrected chi connectivity index (χ3v) is 8.34. The van der Waals surface area contributed by atoms with Gasteiger partial charge >= 0.3 is 0 Å². The molecule has 2 heterocycles. The first kappa shape index (κ1) is 15.2. The smallest absolute Gasteiger partial charge is 0.0844 e. The minimum Gasteiger partial charge on any atom is -0.393 e. The molecule has 2 saturated heterocycles. The molecule has 2 aliphatic heterocycles. The molecule has 5 aliphatic rings.